The van der Waals surface area contributed by atoms with Crippen molar-refractivity contribution in [2.45, 2.75) is 0 Å². The van der Waals surface area contributed by atoms with Crippen LogP contribution >= 0.6 is 11.3 Å². The standard InChI is InChI=1S/C16H13NO3S/c1-17-8-13(12-7-11(20-2)3-4-14(12)17)16(19)15(18)10-5-6-21-9-10/h3-9H,1-2H3. The summed E-state index contributed by atoms with van der Waals surface area (Å²) in [7, 11) is 3.42. The minimum Gasteiger partial charge on any atom is -0.497 e. The molecule has 3 aromatic rings. The minimum absolute atomic E-state index is 0.405. The lowest BCUT2D eigenvalue weighted by Gasteiger charge is -2.01. The zero-order valence-electron chi connectivity index (χ0n) is 11.6. The van der Waals surface area contributed by atoms with Gasteiger partial charge in [-0.1, -0.05) is 0 Å². The molecule has 0 bridgehead atoms. The van der Waals surface area contributed by atoms with Gasteiger partial charge in [0, 0.05) is 35.1 Å². The Hall–Kier alpha value is -2.40. The lowest BCUT2D eigenvalue weighted by molar-refractivity contribution is 0.0818. The maximum atomic E-state index is 12.5. The lowest BCUT2D eigenvalue weighted by Crippen LogP contribution is -2.13. The van der Waals surface area contributed by atoms with Crippen LogP contribution in [0.5, 0.6) is 5.75 Å². The van der Waals surface area contributed by atoms with Crippen molar-refractivity contribution in [1.29, 1.82) is 0 Å². The Morgan fingerprint density at radius 2 is 2.00 bits per heavy atom. The molecule has 0 amide bonds. The summed E-state index contributed by atoms with van der Waals surface area (Å²) in [5.74, 6) is -0.315. The molecule has 0 spiro atoms. The Balaban J connectivity index is 2.11. The second kappa shape index (κ2) is 5.18. The average molecular weight is 299 g/mol. The Morgan fingerprint density at radius 3 is 2.67 bits per heavy atom. The highest BCUT2D eigenvalue weighted by atomic mass is 32.1. The van der Waals surface area contributed by atoms with Gasteiger partial charge in [-0.15, -0.1) is 0 Å². The van der Waals surface area contributed by atoms with Crippen molar-refractivity contribution in [3.63, 3.8) is 0 Å². The molecule has 0 saturated carbocycles. The van der Waals surface area contributed by atoms with Crippen LogP contribution in [0.15, 0.2) is 41.2 Å². The number of hydrogen-bond acceptors (Lipinski definition) is 4. The Labute approximate surface area is 125 Å². The number of methoxy groups -OCH3 is 1. The first kappa shape index (κ1) is 13.6. The lowest BCUT2D eigenvalue weighted by atomic mass is 10.0. The van der Waals surface area contributed by atoms with Crippen molar-refractivity contribution in [2.75, 3.05) is 7.11 Å². The maximum absolute atomic E-state index is 12.5. The van der Waals surface area contributed by atoms with Gasteiger partial charge in [-0.2, -0.15) is 11.3 Å². The van der Waals surface area contributed by atoms with Crippen LogP contribution in [0.3, 0.4) is 0 Å². The van der Waals surface area contributed by atoms with E-state index in [-0.39, 0.29) is 0 Å². The van der Waals surface area contributed by atoms with Gasteiger partial charge in [0.25, 0.3) is 0 Å². The molecule has 5 heteroatoms. The average Bonchev–Trinajstić information content (AvgIpc) is 3.14. The fourth-order valence-electron chi connectivity index (χ4n) is 2.33. The van der Waals surface area contributed by atoms with E-state index in [0.29, 0.717) is 16.9 Å². The van der Waals surface area contributed by atoms with Gasteiger partial charge < -0.3 is 9.30 Å². The summed E-state index contributed by atoms with van der Waals surface area (Å²) in [5.41, 5.74) is 1.73. The van der Waals surface area contributed by atoms with Gasteiger partial charge in [0.05, 0.1) is 12.7 Å². The molecule has 21 heavy (non-hydrogen) atoms. The Morgan fingerprint density at radius 1 is 1.19 bits per heavy atom. The van der Waals surface area contributed by atoms with Crippen LogP contribution < -0.4 is 4.74 Å². The summed E-state index contributed by atoms with van der Waals surface area (Å²) in [6.07, 6.45) is 1.69. The van der Waals surface area contributed by atoms with Crippen molar-refractivity contribution in [2.24, 2.45) is 7.05 Å². The minimum atomic E-state index is -0.493. The number of aryl methyl sites for hydroxylation is 1. The first-order chi connectivity index (χ1) is 10.1. The smallest absolute Gasteiger partial charge is 0.235 e. The van der Waals surface area contributed by atoms with Gasteiger partial charge in [-0.3, -0.25) is 9.59 Å². The number of benzene rings is 1. The second-order valence-corrected chi connectivity index (χ2v) is 5.49. The van der Waals surface area contributed by atoms with Crippen LogP contribution in [0.1, 0.15) is 20.7 Å². The zero-order chi connectivity index (χ0) is 15.0. The van der Waals surface area contributed by atoms with Gasteiger partial charge in [-0.05, 0) is 29.6 Å². The van der Waals surface area contributed by atoms with Crippen LogP contribution in [0, 0.1) is 0 Å². The van der Waals surface area contributed by atoms with Crippen molar-refractivity contribution >= 4 is 33.8 Å². The summed E-state index contributed by atoms with van der Waals surface area (Å²) in [5, 5.41) is 4.20. The topological polar surface area (TPSA) is 48.3 Å². The zero-order valence-corrected chi connectivity index (χ0v) is 12.4. The number of rotatable bonds is 4. The van der Waals surface area contributed by atoms with Gasteiger partial charge >= 0.3 is 0 Å². The normalized spacial score (nSPS) is 10.8. The van der Waals surface area contributed by atoms with Crippen LogP contribution in [0.25, 0.3) is 10.9 Å². The number of aromatic nitrogens is 1. The highest BCUT2D eigenvalue weighted by Crippen LogP contribution is 2.26. The second-order valence-electron chi connectivity index (χ2n) is 4.71. The van der Waals surface area contributed by atoms with Crippen LogP contribution in [-0.2, 0) is 7.05 Å². The number of Topliss-reactive ketones (excluding diaryl/α,β-unsaturated/α-hetero) is 2. The van der Waals surface area contributed by atoms with Crippen molar-refractivity contribution in [1.82, 2.24) is 4.57 Å². The van der Waals surface area contributed by atoms with Gasteiger partial charge in [0.2, 0.25) is 11.6 Å². The molecule has 0 aliphatic rings. The van der Waals surface area contributed by atoms with E-state index in [1.165, 1.54) is 11.3 Å². The molecule has 2 aromatic heterocycles. The molecule has 2 heterocycles. The van der Waals surface area contributed by atoms with E-state index in [4.69, 9.17) is 4.74 Å². The van der Waals surface area contributed by atoms with Crippen molar-refractivity contribution in [3.8, 4) is 5.75 Å². The molecular weight excluding hydrogens is 286 g/mol. The third kappa shape index (κ3) is 2.25. The summed E-state index contributed by atoms with van der Waals surface area (Å²) in [6.45, 7) is 0. The molecule has 1 aromatic carbocycles. The molecule has 0 atom stereocenters. The molecule has 3 rings (SSSR count). The predicted molar refractivity (Wildman–Crippen MR) is 82.5 cm³/mol. The van der Waals surface area contributed by atoms with E-state index in [0.717, 1.165) is 10.9 Å². The molecule has 0 fully saturated rings. The largest absolute Gasteiger partial charge is 0.497 e. The first-order valence-electron chi connectivity index (χ1n) is 6.36. The molecule has 0 unspecified atom stereocenters. The number of ketones is 2. The molecule has 0 aliphatic heterocycles. The summed E-state index contributed by atoms with van der Waals surface area (Å²) >= 11 is 1.40. The molecular formula is C16H13NO3S. The quantitative estimate of drug-likeness (QED) is 0.548. The van der Waals surface area contributed by atoms with E-state index in [1.54, 1.807) is 36.2 Å². The van der Waals surface area contributed by atoms with Gasteiger partial charge in [-0.25, -0.2) is 0 Å². The molecule has 4 nitrogen and oxygen atoms in total. The first-order valence-corrected chi connectivity index (χ1v) is 7.30. The third-order valence-corrected chi connectivity index (χ3v) is 4.11. The monoisotopic (exact) mass is 299 g/mol. The van der Waals surface area contributed by atoms with Crippen LogP contribution in [0.2, 0.25) is 0 Å². The van der Waals surface area contributed by atoms with E-state index in [1.807, 2.05) is 23.7 Å². The number of nitrogens with zero attached hydrogens (tertiary/aromatic N) is 1. The number of ether oxygens (including phenoxy) is 1. The Bertz CT molecular complexity index is 831. The SMILES string of the molecule is COc1ccc2c(c1)c(C(=O)C(=O)c1ccsc1)cn2C. The molecule has 0 aliphatic carbocycles. The van der Waals surface area contributed by atoms with E-state index in [9.17, 15) is 9.59 Å². The fourth-order valence-corrected chi connectivity index (χ4v) is 2.96. The summed E-state index contributed by atoms with van der Waals surface area (Å²) in [6, 6.07) is 7.15. The Kier molecular flexibility index (Phi) is 3.35. The van der Waals surface area contributed by atoms with Crippen LogP contribution in [0.4, 0.5) is 0 Å². The van der Waals surface area contributed by atoms with Gasteiger partial charge in [0.1, 0.15) is 5.75 Å². The van der Waals surface area contributed by atoms with E-state index in [2.05, 4.69) is 0 Å². The molecule has 106 valence electrons. The molecule has 0 N–H and O–H groups in total. The highest BCUT2D eigenvalue weighted by molar-refractivity contribution is 7.08. The maximum Gasteiger partial charge on any atom is 0.235 e. The summed E-state index contributed by atoms with van der Waals surface area (Å²) < 4.78 is 7.03. The van der Waals surface area contributed by atoms with Gasteiger partial charge in [0.15, 0.2) is 0 Å². The highest BCUT2D eigenvalue weighted by Gasteiger charge is 2.22. The van der Waals surface area contributed by atoms with Crippen molar-refractivity contribution in [3.05, 3.63) is 52.3 Å². The van der Waals surface area contributed by atoms with Crippen molar-refractivity contribution < 1.29 is 14.3 Å². The number of thiophene rings is 1. The number of carbonyl (C=O) groups excluding carboxylic acids is 2. The number of carbonyl (C=O) groups is 2. The van der Waals surface area contributed by atoms with E-state index < -0.39 is 11.6 Å². The summed E-state index contributed by atoms with van der Waals surface area (Å²) in [4.78, 5) is 24.7. The van der Waals surface area contributed by atoms with Crippen LogP contribution in [-0.4, -0.2) is 23.2 Å². The fraction of sp³-hybridized carbons (Fsp3) is 0.125. The molecule has 0 radical (unpaired) electrons. The third-order valence-electron chi connectivity index (χ3n) is 3.43. The predicted octanol–water partition coefficient (Wildman–Crippen LogP) is 3.31. The van der Waals surface area contributed by atoms with E-state index >= 15 is 0 Å². The number of hydrogen-bond donors (Lipinski definition) is 0. The number of fused-ring (bicyclic) bond motifs is 1. The molecule has 0 saturated heterocycles.